The minimum absolute atomic E-state index is 0.437. The van der Waals surface area contributed by atoms with Crippen molar-refractivity contribution in [2.24, 2.45) is 0 Å². The van der Waals surface area contributed by atoms with Gasteiger partial charge in [0.05, 0.1) is 11.9 Å². The number of nitrogens with two attached hydrogens (primary N) is 1. The third-order valence-corrected chi connectivity index (χ3v) is 2.09. The molecule has 2 N–H and O–H groups in total. The van der Waals surface area contributed by atoms with E-state index in [1.807, 2.05) is 12.1 Å². The fourth-order valence-corrected chi connectivity index (χ4v) is 1.32. The SMILES string of the molecule is BCc1cccc(-n2cc(N)nn2)c1. The number of hydrogen-bond donors (Lipinski definition) is 1. The lowest BCUT2D eigenvalue weighted by molar-refractivity contribution is 0.803. The zero-order chi connectivity index (χ0) is 9.97. The molecule has 2 aromatic rings. The molecule has 4 nitrogen and oxygen atoms in total. The third-order valence-electron chi connectivity index (χ3n) is 2.09. The van der Waals surface area contributed by atoms with Crippen LogP contribution in [-0.4, -0.2) is 22.8 Å². The summed E-state index contributed by atoms with van der Waals surface area (Å²) < 4.78 is 1.68. The van der Waals surface area contributed by atoms with E-state index < -0.39 is 0 Å². The molecular weight excluding hydrogens is 175 g/mol. The predicted octanol–water partition coefficient (Wildman–Crippen LogP) is -0.0174. The standard InChI is InChI=1S/C9H11BN4/c10-5-7-2-1-3-8(4-7)14-6-9(11)12-13-14/h1-4,6H,5,10-11H2. The van der Waals surface area contributed by atoms with Crippen LogP contribution in [0.25, 0.3) is 5.69 Å². The van der Waals surface area contributed by atoms with Gasteiger partial charge in [0.25, 0.3) is 0 Å². The maximum absolute atomic E-state index is 5.49. The van der Waals surface area contributed by atoms with Crippen molar-refractivity contribution >= 4 is 13.7 Å². The van der Waals surface area contributed by atoms with Gasteiger partial charge in [0.2, 0.25) is 0 Å². The molecule has 0 fully saturated rings. The van der Waals surface area contributed by atoms with Crippen LogP contribution < -0.4 is 5.73 Å². The summed E-state index contributed by atoms with van der Waals surface area (Å²) in [6.07, 6.45) is 2.72. The largest absolute Gasteiger partial charge is 0.381 e. The molecule has 0 unspecified atom stereocenters. The van der Waals surface area contributed by atoms with Crippen molar-refractivity contribution in [3.05, 3.63) is 36.0 Å². The lowest BCUT2D eigenvalue weighted by Gasteiger charge is -2.01. The highest BCUT2D eigenvalue weighted by Crippen LogP contribution is 2.10. The van der Waals surface area contributed by atoms with E-state index in [-0.39, 0.29) is 0 Å². The average molecular weight is 186 g/mol. The van der Waals surface area contributed by atoms with Gasteiger partial charge >= 0.3 is 0 Å². The maximum Gasteiger partial charge on any atom is 0.166 e. The van der Waals surface area contributed by atoms with Crippen LogP contribution >= 0.6 is 0 Å². The zero-order valence-electron chi connectivity index (χ0n) is 8.01. The molecule has 0 aliphatic carbocycles. The Balaban J connectivity index is 2.41. The number of hydrogen-bond acceptors (Lipinski definition) is 3. The second-order valence-corrected chi connectivity index (χ2v) is 3.11. The monoisotopic (exact) mass is 186 g/mol. The van der Waals surface area contributed by atoms with Crippen LogP contribution in [0.2, 0.25) is 0 Å². The summed E-state index contributed by atoms with van der Waals surface area (Å²) in [7, 11) is 2.12. The fraction of sp³-hybridized carbons (Fsp3) is 0.111. The molecule has 0 bridgehead atoms. The topological polar surface area (TPSA) is 56.7 Å². The summed E-state index contributed by atoms with van der Waals surface area (Å²) in [6.45, 7) is 0. The molecule has 0 atom stereocenters. The van der Waals surface area contributed by atoms with Gasteiger partial charge in [-0.15, -0.1) is 5.10 Å². The third kappa shape index (κ3) is 1.61. The van der Waals surface area contributed by atoms with Crippen molar-refractivity contribution in [3.63, 3.8) is 0 Å². The first-order valence-corrected chi connectivity index (χ1v) is 4.56. The average Bonchev–Trinajstić information content (AvgIpc) is 2.65. The molecular formula is C9H11BN4. The van der Waals surface area contributed by atoms with E-state index in [2.05, 4.69) is 30.3 Å². The van der Waals surface area contributed by atoms with Crippen LogP contribution in [0.1, 0.15) is 5.56 Å². The normalized spacial score (nSPS) is 10.3. The molecule has 0 saturated heterocycles. The Kier molecular flexibility index (Phi) is 2.22. The second kappa shape index (κ2) is 3.53. The van der Waals surface area contributed by atoms with Gasteiger partial charge in [-0.2, -0.15) is 0 Å². The number of nitrogen functional groups attached to an aromatic ring is 1. The Labute approximate surface area is 83.1 Å². The van der Waals surface area contributed by atoms with Gasteiger partial charge in [0, 0.05) is 0 Å². The van der Waals surface area contributed by atoms with E-state index in [1.54, 1.807) is 10.9 Å². The number of rotatable bonds is 2. The van der Waals surface area contributed by atoms with Crippen molar-refractivity contribution < 1.29 is 0 Å². The summed E-state index contributed by atoms with van der Waals surface area (Å²) in [5, 5.41) is 7.64. The molecule has 70 valence electrons. The molecule has 2 rings (SSSR count). The van der Waals surface area contributed by atoms with Crippen LogP contribution in [0.15, 0.2) is 30.5 Å². The second-order valence-electron chi connectivity index (χ2n) is 3.11. The summed E-state index contributed by atoms with van der Waals surface area (Å²) in [5.74, 6) is 0.437. The minimum atomic E-state index is 0.437. The first kappa shape index (κ1) is 8.81. The van der Waals surface area contributed by atoms with Crippen LogP contribution in [0, 0.1) is 0 Å². The molecule has 1 aromatic carbocycles. The summed E-state index contributed by atoms with van der Waals surface area (Å²) >= 11 is 0. The number of aromatic nitrogens is 3. The molecule has 0 aliphatic rings. The quantitative estimate of drug-likeness (QED) is 0.670. The summed E-state index contributed by atoms with van der Waals surface area (Å²) in [5.41, 5.74) is 7.76. The van der Waals surface area contributed by atoms with Gasteiger partial charge in [-0.1, -0.05) is 29.2 Å². The van der Waals surface area contributed by atoms with Crippen molar-refractivity contribution in [3.8, 4) is 5.69 Å². The zero-order valence-corrected chi connectivity index (χ0v) is 8.01. The van der Waals surface area contributed by atoms with Gasteiger partial charge in [0.1, 0.15) is 7.85 Å². The van der Waals surface area contributed by atoms with E-state index in [4.69, 9.17) is 5.73 Å². The number of benzene rings is 1. The van der Waals surface area contributed by atoms with Crippen molar-refractivity contribution in [1.82, 2.24) is 15.0 Å². The maximum atomic E-state index is 5.49. The highest BCUT2D eigenvalue weighted by Gasteiger charge is 1.99. The summed E-state index contributed by atoms with van der Waals surface area (Å²) in [6, 6.07) is 8.15. The lowest BCUT2D eigenvalue weighted by atomic mass is 9.97. The van der Waals surface area contributed by atoms with Gasteiger partial charge in [-0.05, 0) is 12.1 Å². The molecule has 5 heteroatoms. The molecule has 0 amide bonds. The van der Waals surface area contributed by atoms with Crippen molar-refractivity contribution in [1.29, 1.82) is 0 Å². The first-order chi connectivity index (χ1) is 6.79. The Morgan fingerprint density at radius 2 is 2.29 bits per heavy atom. The van der Waals surface area contributed by atoms with E-state index in [1.165, 1.54) is 5.56 Å². The van der Waals surface area contributed by atoms with Crippen LogP contribution in [0.3, 0.4) is 0 Å². The van der Waals surface area contributed by atoms with Gasteiger partial charge < -0.3 is 5.73 Å². The molecule has 0 spiro atoms. The minimum Gasteiger partial charge on any atom is -0.381 e. The van der Waals surface area contributed by atoms with E-state index in [9.17, 15) is 0 Å². The van der Waals surface area contributed by atoms with E-state index in [0.29, 0.717) is 5.82 Å². The number of anilines is 1. The molecule has 14 heavy (non-hydrogen) atoms. The fourth-order valence-electron chi connectivity index (χ4n) is 1.32. The Hall–Kier alpha value is -1.78. The highest BCUT2D eigenvalue weighted by molar-refractivity contribution is 6.08. The van der Waals surface area contributed by atoms with Crippen molar-refractivity contribution in [2.45, 2.75) is 6.32 Å². The van der Waals surface area contributed by atoms with Crippen LogP contribution in [0.5, 0.6) is 0 Å². The Morgan fingerprint density at radius 3 is 2.93 bits per heavy atom. The summed E-state index contributed by atoms with van der Waals surface area (Å²) in [4.78, 5) is 0. The highest BCUT2D eigenvalue weighted by atomic mass is 15.4. The van der Waals surface area contributed by atoms with Gasteiger partial charge in [-0.25, -0.2) is 4.68 Å². The van der Waals surface area contributed by atoms with Crippen LogP contribution in [-0.2, 0) is 6.32 Å². The van der Waals surface area contributed by atoms with Crippen molar-refractivity contribution in [2.75, 3.05) is 5.73 Å². The Bertz CT molecular complexity index is 438. The predicted molar refractivity (Wildman–Crippen MR) is 58.0 cm³/mol. The Morgan fingerprint density at radius 1 is 1.43 bits per heavy atom. The van der Waals surface area contributed by atoms with Gasteiger partial charge in [-0.3, -0.25) is 0 Å². The molecule has 0 aliphatic heterocycles. The van der Waals surface area contributed by atoms with E-state index in [0.717, 1.165) is 12.0 Å². The molecule has 0 saturated carbocycles. The van der Waals surface area contributed by atoms with Crippen LogP contribution in [0.4, 0.5) is 5.82 Å². The molecule has 0 radical (unpaired) electrons. The molecule has 1 aromatic heterocycles. The molecule has 1 heterocycles. The lowest BCUT2D eigenvalue weighted by Crippen LogP contribution is -1.96. The van der Waals surface area contributed by atoms with E-state index >= 15 is 0 Å². The van der Waals surface area contributed by atoms with Gasteiger partial charge in [0.15, 0.2) is 5.82 Å². The smallest absolute Gasteiger partial charge is 0.166 e. The first-order valence-electron chi connectivity index (χ1n) is 4.56. The number of nitrogens with zero attached hydrogens (tertiary/aromatic N) is 3.